The Labute approximate surface area is 156 Å². The van der Waals surface area contributed by atoms with Gasteiger partial charge in [-0.1, -0.05) is 52.9 Å². The van der Waals surface area contributed by atoms with Crippen LogP contribution in [0.25, 0.3) is 0 Å². The number of H-pyrrole nitrogens is 1. The van der Waals surface area contributed by atoms with Gasteiger partial charge >= 0.3 is 10.8 Å². The topological polar surface area (TPSA) is 108 Å². The number of thioether (sulfide) groups is 1. The predicted octanol–water partition coefficient (Wildman–Crippen LogP) is 1.42. The zero-order valence-corrected chi connectivity index (χ0v) is 15.2. The Hall–Kier alpha value is -2.39. The molecule has 3 heterocycles. The van der Waals surface area contributed by atoms with Crippen LogP contribution in [0.2, 0.25) is 0 Å². The lowest BCUT2D eigenvalue weighted by Crippen LogP contribution is -2.36. The summed E-state index contributed by atoms with van der Waals surface area (Å²) in [5.74, 6) is -3.40. The minimum atomic E-state index is -1.23. The van der Waals surface area contributed by atoms with E-state index in [1.165, 1.54) is 0 Å². The molecule has 0 spiro atoms. The van der Waals surface area contributed by atoms with Crippen molar-refractivity contribution in [2.75, 3.05) is 6.54 Å². The number of aliphatic carboxylic acids is 1. The van der Waals surface area contributed by atoms with Crippen LogP contribution in [0.3, 0.4) is 0 Å². The fraction of sp³-hybridized carbons (Fsp3) is 0.294. The van der Waals surface area contributed by atoms with Gasteiger partial charge in [0.05, 0.1) is 10.9 Å². The molecule has 2 aliphatic heterocycles. The number of rotatable bonds is 3. The highest BCUT2D eigenvalue weighted by Gasteiger charge is 2.56. The average molecular weight is 390 g/mol. The fourth-order valence-corrected chi connectivity index (χ4v) is 6.04. The second-order valence-electron chi connectivity index (χ2n) is 6.32. The van der Waals surface area contributed by atoms with E-state index < -0.39 is 41.4 Å². The molecule has 3 atom stereocenters. The number of carbonyl (C=O) groups excluding carboxylic acids is 2. The number of hydrogen-bond donors (Lipinski definition) is 2. The van der Waals surface area contributed by atoms with Crippen LogP contribution in [-0.4, -0.2) is 44.6 Å². The predicted molar refractivity (Wildman–Crippen MR) is 95.5 cm³/mol. The van der Waals surface area contributed by atoms with E-state index in [0.29, 0.717) is 5.03 Å². The minimum absolute atomic E-state index is 0.234. The highest BCUT2D eigenvalue weighted by Crippen LogP contribution is 2.52. The number of fused-ring (bicyclic) bond motifs is 2. The molecule has 0 saturated carbocycles. The first-order valence-electron chi connectivity index (χ1n) is 7.90. The summed E-state index contributed by atoms with van der Waals surface area (Å²) in [7, 11) is 0. The number of nitrogens with zero attached hydrogens (tertiary/aromatic N) is 1. The van der Waals surface area contributed by atoms with E-state index in [0.717, 1.165) is 44.0 Å². The monoisotopic (exact) mass is 390 g/mol. The number of aryl methyl sites for hydroxylation is 1. The van der Waals surface area contributed by atoms with Crippen LogP contribution >= 0.6 is 23.1 Å². The third-order valence-corrected chi connectivity index (χ3v) is 7.05. The summed E-state index contributed by atoms with van der Waals surface area (Å²) >= 11 is 2.18. The number of aromatic amines is 1. The van der Waals surface area contributed by atoms with Gasteiger partial charge in [0.15, 0.2) is 0 Å². The summed E-state index contributed by atoms with van der Waals surface area (Å²) in [6, 6.07) is 7.60. The van der Waals surface area contributed by atoms with Crippen molar-refractivity contribution in [2.45, 2.75) is 23.1 Å². The van der Waals surface area contributed by atoms with Gasteiger partial charge in [-0.25, -0.2) is 0 Å². The maximum Gasteiger partial charge on any atom is 0.323 e. The zero-order chi connectivity index (χ0) is 18.6. The van der Waals surface area contributed by atoms with Gasteiger partial charge in [0, 0.05) is 10.8 Å². The van der Waals surface area contributed by atoms with Crippen molar-refractivity contribution in [2.24, 2.45) is 5.92 Å². The lowest BCUT2D eigenvalue weighted by Gasteiger charge is -2.29. The van der Waals surface area contributed by atoms with Gasteiger partial charge in [-0.15, -0.1) is 0 Å². The number of carbonyl (C=O) groups is 3. The summed E-state index contributed by atoms with van der Waals surface area (Å²) in [4.78, 5) is 52.5. The molecular formula is C17H14N2O5S2. The van der Waals surface area contributed by atoms with Gasteiger partial charge in [0.1, 0.15) is 11.8 Å². The zero-order valence-electron chi connectivity index (χ0n) is 13.6. The third-order valence-electron chi connectivity index (χ3n) is 4.65. The van der Waals surface area contributed by atoms with Crippen LogP contribution < -0.4 is 4.87 Å². The Morgan fingerprint density at radius 1 is 1.19 bits per heavy atom. The Balaban J connectivity index is 1.85. The number of nitrogens with one attached hydrogen (secondary N) is 1. The highest BCUT2D eigenvalue weighted by molar-refractivity contribution is 8.00. The summed E-state index contributed by atoms with van der Waals surface area (Å²) in [5.41, 5.74) is 1.89. The first-order valence-corrected chi connectivity index (χ1v) is 9.59. The van der Waals surface area contributed by atoms with Crippen molar-refractivity contribution < 1.29 is 19.5 Å². The number of thiazole rings is 1. The summed E-state index contributed by atoms with van der Waals surface area (Å²) in [6.07, 6.45) is 0. The summed E-state index contributed by atoms with van der Waals surface area (Å²) in [5, 5.41) is 8.89. The van der Waals surface area contributed by atoms with Crippen LogP contribution in [0.1, 0.15) is 21.9 Å². The Kier molecular flexibility index (Phi) is 4.00. The van der Waals surface area contributed by atoms with E-state index in [9.17, 15) is 19.2 Å². The highest BCUT2D eigenvalue weighted by atomic mass is 32.2. The Bertz CT molecular complexity index is 978. The van der Waals surface area contributed by atoms with Crippen molar-refractivity contribution in [1.29, 1.82) is 0 Å². The van der Waals surface area contributed by atoms with E-state index in [1.54, 1.807) is 0 Å². The second kappa shape index (κ2) is 6.10. The van der Waals surface area contributed by atoms with Crippen LogP contribution in [0.4, 0.5) is 0 Å². The fourth-order valence-electron chi connectivity index (χ4n) is 3.50. The molecule has 0 unspecified atom stereocenters. The number of amides is 2. The van der Waals surface area contributed by atoms with Crippen molar-refractivity contribution >= 4 is 40.9 Å². The smallest absolute Gasteiger partial charge is 0.323 e. The first-order chi connectivity index (χ1) is 12.4. The number of likely N-dealkylation sites (tertiary alicyclic amines) is 1. The largest absolute Gasteiger partial charge is 0.480 e. The molecule has 7 nitrogen and oxygen atoms in total. The molecule has 4 rings (SSSR count). The number of hydrogen-bond acceptors (Lipinski definition) is 6. The van der Waals surface area contributed by atoms with Gasteiger partial charge in [-0.05, 0) is 12.5 Å². The maximum absolute atomic E-state index is 12.9. The van der Waals surface area contributed by atoms with Crippen molar-refractivity contribution in [3.63, 3.8) is 0 Å². The van der Waals surface area contributed by atoms with E-state index in [-0.39, 0.29) is 4.87 Å². The van der Waals surface area contributed by atoms with E-state index >= 15 is 0 Å². The van der Waals surface area contributed by atoms with Crippen molar-refractivity contribution in [3.05, 3.63) is 49.9 Å². The molecule has 0 aliphatic carbocycles. The molecule has 1 saturated heterocycles. The molecular weight excluding hydrogens is 376 g/mol. The molecule has 1 fully saturated rings. The van der Waals surface area contributed by atoms with Crippen LogP contribution in [0.15, 0.2) is 34.1 Å². The third kappa shape index (κ3) is 2.58. The lowest BCUT2D eigenvalue weighted by molar-refractivity contribution is -0.149. The Morgan fingerprint density at radius 2 is 1.88 bits per heavy atom. The van der Waals surface area contributed by atoms with Crippen molar-refractivity contribution in [3.8, 4) is 0 Å². The molecule has 2 amide bonds. The van der Waals surface area contributed by atoms with Crippen LogP contribution in [-0.2, 0) is 14.4 Å². The minimum Gasteiger partial charge on any atom is -0.480 e. The normalized spacial score (nSPS) is 24.5. The standard InChI is InChI=1S/C17H14N2O5S2/c1-7-2-4-8(5-3-7)10-11-13(25-14-12(10)26-17(24)18-14)16(23)19(15(11)22)6-9(20)21/h2-5,10-11,13H,6H2,1H3,(H,18,24)(H,20,21)/t10-,11-,13-/m1/s1. The van der Waals surface area contributed by atoms with E-state index in [1.807, 2.05) is 31.2 Å². The number of carboxylic acid groups (broad SMARTS) is 1. The maximum atomic E-state index is 12.9. The average Bonchev–Trinajstić information content (AvgIpc) is 3.06. The van der Waals surface area contributed by atoms with Crippen molar-refractivity contribution in [1.82, 2.24) is 9.88 Å². The summed E-state index contributed by atoms with van der Waals surface area (Å²) in [6.45, 7) is 1.30. The number of carboxylic acids is 1. The molecule has 1 aromatic heterocycles. The molecule has 2 N–H and O–H groups in total. The van der Waals surface area contributed by atoms with Gasteiger partial charge in [0.2, 0.25) is 11.8 Å². The quantitative estimate of drug-likeness (QED) is 0.768. The SMILES string of the molecule is Cc1ccc([C@H]2c3sc(=O)[nH]c3S[C@H]3C(=O)N(CC(=O)O)C(=O)[C@H]23)cc1. The molecule has 2 aromatic rings. The second-order valence-corrected chi connectivity index (χ2v) is 8.48. The number of aromatic nitrogens is 1. The molecule has 1 aromatic carbocycles. The Morgan fingerprint density at radius 3 is 2.54 bits per heavy atom. The molecule has 0 bridgehead atoms. The number of imide groups is 1. The molecule has 134 valence electrons. The lowest BCUT2D eigenvalue weighted by atomic mass is 9.83. The molecule has 9 heteroatoms. The van der Waals surface area contributed by atoms with E-state index in [2.05, 4.69) is 4.98 Å². The van der Waals surface area contributed by atoms with Crippen LogP contribution in [0.5, 0.6) is 0 Å². The molecule has 2 aliphatic rings. The van der Waals surface area contributed by atoms with Gasteiger partial charge in [-0.2, -0.15) is 0 Å². The molecule has 26 heavy (non-hydrogen) atoms. The number of benzene rings is 1. The van der Waals surface area contributed by atoms with Gasteiger partial charge in [0.25, 0.3) is 0 Å². The van der Waals surface area contributed by atoms with E-state index in [4.69, 9.17) is 5.11 Å². The van der Waals surface area contributed by atoms with Gasteiger partial charge in [-0.3, -0.25) is 24.1 Å². The molecule has 0 radical (unpaired) electrons. The van der Waals surface area contributed by atoms with Gasteiger partial charge < -0.3 is 10.1 Å². The first kappa shape index (κ1) is 17.0. The van der Waals surface area contributed by atoms with Crippen LogP contribution in [0, 0.1) is 12.8 Å². The summed E-state index contributed by atoms with van der Waals surface area (Å²) < 4.78 is 0.